The zero-order valence-electron chi connectivity index (χ0n) is 11.0. The first-order valence-corrected chi connectivity index (χ1v) is 5.80. The van der Waals surface area contributed by atoms with Crippen molar-refractivity contribution < 1.29 is 14.6 Å². The second-order valence-corrected chi connectivity index (χ2v) is 4.19. The minimum absolute atomic E-state index is 0.0380. The summed E-state index contributed by atoms with van der Waals surface area (Å²) in [4.78, 5) is 15.0. The van der Waals surface area contributed by atoms with Crippen molar-refractivity contribution in [1.82, 2.24) is 14.8 Å². The zero-order valence-corrected chi connectivity index (χ0v) is 11.0. The van der Waals surface area contributed by atoms with Gasteiger partial charge >= 0.3 is 5.97 Å². The summed E-state index contributed by atoms with van der Waals surface area (Å²) in [7, 11) is 1.56. The second kappa shape index (κ2) is 5.09. The summed E-state index contributed by atoms with van der Waals surface area (Å²) in [6.07, 6.45) is -0.0380. The lowest BCUT2D eigenvalue weighted by atomic mass is 10.1. The van der Waals surface area contributed by atoms with E-state index in [-0.39, 0.29) is 6.42 Å². The normalized spacial score (nSPS) is 10.5. The molecule has 2 aromatic rings. The van der Waals surface area contributed by atoms with Gasteiger partial charge in [0.2, 0.25) is 0 Å². The molecule has 0 amide bonds. The van der Waals surface area contributed by atoms with Crippen LogP contribution in [0.5, 0.6) is 5.75 Å². The van der Waals surface area contributed by atoms with E-state index in [2.05, 4.69) is 10.1 Å². The maximum atomic E-state index is 10.8. The lowest BCUT2D eigenvalue weighted by Crippen LogP contribution is -2.05. The van der Waals surface area contributed by atoms with Gasteiger partial charge in [0.1, 0.15) is 23.1 Å². The molecule has 6 nitrogen and oxygen atoms in total. The molecule has 0 fully saturated rings. The molecule has 6 heteroatoms. The van der Waals surface area contributed by atoms with Gasteiger partial charge in [0.05, 0.1) is 13.5 Å². The Kier molecular flexibility index (Phi) is 3.50. The van der Waals surface area contributed by atoms with Crippen molar-refractivity contribution in [3.05, 3.63) is 35.4 Å². The predicted octanol–water partition coefficient (Wildman–Crippen LogP) is 1.52. The molecule has 19 heavy (non-hydrogen) atoms. The predicted molar refractivity (Wildman–Crippen MR) is 68.7 cm³/mol. The van der Waals surface area contributed by atoms with Crippen LogP contribution >= 0.6 is 0 Å². The fourth-order valence-corrected chi connectivity index (χ4v) is 1.93. The lowest BCUT2D eigenvalue weighted by molar-refractivity contribution is -0.136. The van der Waals surface area contributed by atoms with E-state index >= 15 is 0 Å². The third-order valence-electron chi connectivity index (χ3n) is 2.70. The molecule has 0 aliphatic heterocycles. The lowest BCUT2D eigenvalue weighted by Gasteiger charge is -2.10. The molecule has 2 rings (SSSR count). The van der Waals surface area contributed by atoms with Crippen LogP contribution in [0.4, 0.5) is 0 Å². The van der Waals surface area contributed by atoms with Gasteiger partial charge in [-0.3, -0.25) is 4.79 Å². The fraction of sp³-hybridized carbons (Fsp3) is 0.308. The number of ether oxygens (including phenoxy) is 1. The van der Waals surface area contributed by atoms with Crippen LogP contribution in [0, 0.1) is 13.8 Å². The van der Waals surface area contributed by atoms with Gasteiger partial charge in [-0.05, 0) is 31.5 Å². The number of aryl methyl sites for hydroxylation is 2. The van der Waals surface area contributed by atoms with Gasteiger partial charge in [-0.2, -0.15) is 5.10 Å². The minimum Gasteiger partial charge on any atom is -0.494 e. The first-order chi connectivity index (χ1) is 9.01. The Morgan fingerprint density at radius 2 is 2.16 bits per heavy atom. The number of carboxylic acid groups (broad SMARTS) is 1. The van der Waals surface area contributed by atoms with Crippen LogP contribution in [0.15, 0.2) is 18.2 Å². The molecule has 1 heterocycles. The number of carbonyl (C=O) groups is 1. The van der Waals surface area contributed by atoms with E-state index in [1.54, 1.807) is 36.9 Å². The highest BCUT2D eigenvalue weighted by Crippen LogP contribution is 2.24. The number of benzene rings is 1. The zero-order chi connectivity index (χ0) is 14.0. The standard InChI is InChI=1S/C13H15N3O3/c1-8-14-9(2)16(15-8)11-6-10(7-13(17)18)4-5-12(11)19-3/h4-6H,7H2,1-3H3,(H,17,18). The highest BCUT2D eigenvalue weighted by atomic mass is 16.5. The van der Waals surface area contributed by atoms with Crippen molar-refractivity contribution in [3.8, 4) is 11.4 Å². The molecule has 0 bridgehead atoms. The van der Waals surface area contributed by atoms with Crippen molar-refractivity contribution in [2.75, 3.05) is 7.11 Å². The summed E-state index contributed by atoms with van der Waals surface area (Å²) in [5.41, 5.74) is 1.38. The number of carboxylic acids is 1. The van der Waals surface area contributed by atoms with Crippen LogP contribution in [0.2, 0.25) is 0 Å². The molecule has 1 aromatic carbocycles. The van der Waals surface area contributed by atoms with Crippen molar-refractivity contribution in [2.24, 2.45) is 0 Å². The molecular weight excluding hydrogens is 246 g/mol. The summed E-state index contributed by atoms with van der Waals surface area (Å²) in [6, 6.07) is 5.23. The average Bonchev–Trinajstić information content (AvgIpc) is 2.67. The summed E-state index contributed by atoms with van der Waals surface area (Å²) in [5, 5.41) is 13.1. The van der Waals surface area contributed by atoms with Gasteiger partial charge in [-0.15, -0.1) is 0 Å². The molecule has 1 aromatic heterocycles. The molecule has 100 valence electrons. The topological polar surface area (TPSA) is 77.2 Å². The number of hydrogen-bond acceptors (Lipinski definition) is 4. The van der Waals surface area contributed by atoms with E-state index in [0.717, 1.165) is 5.82 Å². The number of aliphatic carboxylic acids is 1. The molecule has 0 aliphatic rings. The van der Waals surface area contributed by atoms with Crippen molar-refractivity contribution in [3.63, 3.8) is 0 Å². The average molecular weight is 261 g/mol. The van der Waals surface area contributed by atoms with Gasteiger partial charge in [-0.1, -0.05) is 6.07 Å². The van der Waals surface area contributed by atoms with Crippen molar-refractivity contribution in [1.29, 1.82) is 0 Å². The molecule has 0 radical (unpaired) electrons. The van der Waals surface area contributed by atoms with E-state index in [9.17, 15) is 4.79 Å². The van der Waals surface area contributed by atoms with Crippen LogP contribution in [-0.4, -0.2) is 33.0 Å². The fourth-order valence-electron chi connectivity index (χ4n) is 1.93. The van der Waals surface area contributed by atoms with Gasteiger partial charge in [-0.25, -0.2) is 9.67 Å². The van der Waals surface area contributed by atoms with Crippen molar-refractivity contribution in [2.45, 2.75) is 20.3 Å². The van der Waals surface area contributed by atoms with Gasteiger partial charge in [0.15, 0.2) is 0 Å². The molecule has 0 atom stereocenters. The summed E-state index contributed by atoms with van der Waals surface area (Å²) in [6.45, 7) is 3.64. The molecule has 0 saturated heterocycles. The van der Waals surface area contributed by atoms with E-state index in [1.165, 1.54) is 0 Å². The van der Waals surface area contributed by atoms with Crippen molar-refractivity contribution >= 4 is 5.97 Å². The number of hydrogen-bond donors (Lipinski definition) is 1. The Hall–Kier alpha value is -2.37. The third kappa shape index (κ3) is 2.73. The maximum absolute atomic E-state index is 10.8. The number of nitrogens with zero attached hydrogens (tertiary/aromatic N) is 3. The molecule has 0 unspecified atom stereocenters. The number of methoxy groups -OCH3 is 1. The van der Waals surface area contributed by atoms with Gasteiger partial charge in [0.25, 0.3) is 0 Å². The Bertz CT molecular complexity index is 620. The maximum Gasteiger partial charge on any atom is 0.307 e. The smallest absolute Gasteiger partial charge is 0.307 e. The highest BCUT2D eigenvalue weighted by molar-refractivity contribution is 5.70. The van der Waals surface area contributed by atoms with Gasteiger partial charge in [0, 0.05) is 0 Å². The highest BCUT2D eigenvalue weighted by Gasteiger charge is 2.12. The molecule has 0 aliphatic carbocycles. The van der Waals surface area contributed by atoms with E-state index in [0.29, 0.717) is 22.8 Å². The van der Waals surface area contributed by atoms with E-state index in [1.807, 2.05) is 6.92 Å². The van der Waals surface area contributed by atoms with Crippen LogP contribution < -0.4 is 4.74 Å². The monoisotopic (exact) mass is 261 g/mol. The van der Waals surface area contributed by atoms with Gasteiger partial charge < -0.3 is 9.84 Å². The molecular formula is C13H15N3O3. The first-order valence-electron chi connectivity index (χ1n) is 5.80. The third-order valence-corrected chi connectivity index (χ3v) is 2.70. The Balaban J connectivity index is 2.53. The minimum atomic E-state index is -0.873. The Morgan fingerprint density at radius 3 is 2.68 bits per heavy atom. The quantitative estimate of drug-likeness (QED) is 0.902. The summed E-state index contributed by atoms with van der Waals surface area (Å²) < 4.78 is 6.94. The summed E-state index contributed by atoms with van der Waals surface area (Å²) >= 11 is 0. The van der Waals surface area contributed by atoms with Crippen LogP contribution in [0.1, 0.15) is 17.2 Å². The van der Waals surface area contributed by atoms with E-state index < -0.39 is 5.97 Å². The SMILES string of the molecule is COc1ccc(CC(=O)O)cc1-n1nc(C)nc1C. The van der Waals surface area contributed by atoms with Crippen LogP contribution in [-0.2, 0) is 11.2 Å². The van der Waals surface area contributed by atoms with Crippen LogP contribution in [0.25, 0.3) is 5.69 Å². The Morgan fingerprint density at radius 1 is 1.42 bits per heavy atom. The van der Waals surface area contributed by atoms with E-state index in [4.69, 9.17) is 9.84 Å². The first kappa shape index (κ1) is 13.1. The molecule has 1 N–H and O–H groups in total. The molecule has 0 saturated carbocycles. The second-order valence-electron chi connectivity index (χ2n) is 4.19. The largest absolute Gasteiger partial charge is 0.494 e. The van der Waals surface area contributed by atoms with Crippen LogP contribution in [0.3, 0.4) is 0 Å². The number of aromatic nitrogens is 3. The number of rotatable bonds is 4. The Labute approximate surface area is 110 Å². The summed E-state index contributed by atoms with van der Waals surface area (Å²) in [5.74, 6) is 1.14. The molecule has 0 spiro atoms.